The van der Waals surface area contributed by atoms with Crippen LogP contribution in [0.25, 0.3) is 0 Å². The Labute approximate surface area is 164 Å². The van der Waals surface area contributed by atoms with Crippen LogP contribution < -0.4 is 14.8 Å². The van der Waals surface area contributed by atoms with E-state index in [-0.39, 0.29) is 17.3 Å². The van der Waals surface area contributed by atoms with Gasteiger partial charge in [0.15, 0.2) is 0 Å². The number of hydrogen-bond donors (Lipinski definition) is 1. The van der Waals surface area contributed by atoms with Crippen molar-refractivity contribution in [1.82, 2.24) is 9.88 Å². The maximum absolute atomic E-state index is 12.8. The van der Waals surface area contributed by atoms with Gasteiger partial charge in [0, 0.05) is 19.2 Å². The van der Waals surface area contributed by atoms with Crippen LogP contribution in [0.1, 0.15) is 40.7 Å². The molecular formula is C21H25N3O4. The second-order valence-corrected chi connectivity index (χ2v) is 6.93. The van der Waals surface area contributed by atoms with Gasteiger partial charge in [-0.2, -0.15) is 0 Å². The average molecular weight is 383 g/mol. The van der Waals surface area contributed by atoms with Crippen LogP contribution in [-0.4, -0.2) is 49.0 Å². The largest absolute Gasteiger partial charge is 0.497 e. The van der Waals surface area contributed by atoms with Gasteiger partial charge in [-0.25, -0.2) is 4.98 Å². The Morgan fingerprint density at radius 3 is 2.64 bits per heavy atom. The van der Waals surface area contributed by atoms with Crippen molar-refractivity contribution >= 4 is 17.5 Å². The number of carbonyl (C=O) groups excluding carboxylic acids is 2. The lowest BCUT2D eigenvalue weighted by Gasteiger charge is -2.30. The zero-order valence-electron chi connectivity index (χ0n) is 16.4. The Hall–Kier alpha value is -3.09. The number of nitrogens with one attached hydrogen (secondary N) is 1. The van der Waals surface area contributed by atoms with Crippen molar-refractivity contribution in [3.05, 3.63) is 47.8 Å². The lowest BCUT2D eigenvalue weighted by atomic mass is 10.00. The molecule has 0 spiro atoms. The third-order valence-electron chi connectivity index (χ3n) is 4.80. The number of hydrogen-bond acceptors (Lipinski definition) is 5. The number of nitrogens with zero attached hydrogens (tertiary/aromatic N) is 2. The zero-order valence-corrected chi connectivity index (χ0v) is 16.4. The van der Waals surface area contributed by atoms with Crippen LogP contribution >= 0.6 is 0 Å². The number of anilines is 1. The minimum Gasteiger partial charge on any atom is -0.497 e. The van der Waals surface area contributed by atoms with Gasteiger partial charge in [0.05, 0.1) is 19.9 Å². The highest BCUT2D eigenvalue weighted by atomic mass is 16.5. The molecule has 0 saturated carbocycles. The van der Waals surface area contributed by atoms with E-state index in [9.17, 15) is 9.59 Å². The highest BCUT2D eigenvalue weighted by Gasteiger charge is 2.23. The predicted octanol–water partition coefficient (Wildman–Crippen LogP) is 3.22. The first kappa shape index (κ1) is 19.7. The lowest BCUT2D eigenvalue weighted by molar-refractivity contribution is 0.0677. The van der Waals surface area contributed by atoms with Crippen molar-refractivity contribution in [3.8, 4) is 11.5 Å². The van der Waals surface area contributed by atoms with Crippen LogP contribution in [0.3, 0.4) is 0 Å². The smallest absolute Gasteiger partial charge is 0.274 e. The minimum atomic E-state index is -0.423. The summed E-state index contributed by atoms with van der Waals surface area (Å²) in [5.74, 6) is 1.01. The second kappa shape index (κ2) is 8.73. The first-order chi connectivity index (χ1) is 13.5. The Kier molecular flexibility index (Phi) is 6.13. The number of likely N-dealkylation sites (tertiary alicyclic amines) is 1. The maximum atomic E-state index is 12.8. The van der Waals surface area contributed by atoms with E-state index in [2.05, 4.69) is 17.2 Å². The van der Waals surface area contributed by atoms with Gasteiger partial charge in [0.2, 0.25) is 0 Å². The molecule has 1 fully saturated rings. The fourth-order valence-corrected chi connectivity index (χ4v) is 3.31. The summed E-state index contributed by atoms with van der Waals surface area (Å²) in [5.41, 5.74) is 0.912. The first-order valence-electron chi connectivity index (χ1n) is 9.31. The van der Waals surface area contributed by atoms with Crippen LogP contribution in [0.15, 0.2) is 36.4 Å². The molecule has 0 bridgehead atoms. The third kappa shape index (κ3) is 4.42. The number of carbonyl (C=O) groups is 2. The molecule has 3 rings (SSSR count). The fraction of sp³-hybridized carbons (Fsp3) is 0.381. The molecule has 2 amide bonds. The van der Waals surface area contributed by atoms with Gasteiger partial charge in [0.25, 0.3) is 11.8 Å². The van der Waals surface area contributed by atoms with E-state index in [1.165, 1.54) is 7.11 Å². The summed E-state index contributed by atoms with van der Waals surface area (Å²) in [5, 5.41) is 2.77. The van der Waals surface area contributed by atoms with Crippen molar-refractivity contribution in [2.45, 2.75) is 19.8 Å². The number of aromatic nitrogens is 1. The number of benzene rings is 1. The van der Waals surface area contributed by atoms with Crippen molar-refractivity contribution in [3.63, 3.8) is 0 Å². The normalized spacial score (nSPS) is 16.4. The van der Waals surface area contributed by atoms with E-state index >= 15 is 0 Å². The summed E-state index contributed by atoms with van der Waals surface area (Å²) in [6.07, 6.45) is 2.12. The molecule has 0 radical (unpaired) electrons. The van der Waals surface area contributed by atoms with Crippen LogP contribution in [-0.2, 0) is 0 Å². The lowest BCUT2D eigenvalue weighted by Crippen LogP contribution is -2.39. The Bertz CT molecular complexity index is 868. The number of amides is 2. The molecule has 1 aromatic heterocycles. The number of pyridine rings is 1. The molecule has 7 nitrogen and oxygen atoms in total. The molecule has 1 aromatic carbocycles. The van der Waals surface area contributed by atoms with Gasteiger partial charge in [-0.3, -0.25) is 9.59 Å². The Balaban J connectivity index is 1.78. The fourth-order valence-electron chi connectivity index (χ4n) is 3.31. The molecule has 2 aromatic rings. The maximum Gasteiger partial charge on any atom is 0.274 e. The number of methoxy groups -OCH3 is 2. The van der Waals surface area contributed by atoms with Crippen LogP contribution in [0.2, 0.25) is 0 Å². The molecule has 1 saturated heterocycles. The molecular weight excluding hydrogens is 358 g/mol. The molecule has 2 heterocycles. The van der Waals surface area contributed by atoms with E-state index in [4.69, 9.17) is 9.47 Å². The van der Waals surface area contributed by atoms with Gasteiger partial charge in [-0.1, -0.05) is 13.0 Å². The summed E-state index contributed by atoms with van der Waals surface area (Å²) >= 11 is 0. The summed E-state index contributed by atoms with van der Waals surface area (Å²) < 4.78 is 10.5. The van der Waals surface area contributed by atoms with Crippen molar-refractivity contribution < 1.29 is 19.1 Å². The topological polar surface area (TPSA) is 80.8 Å². The second-order valence-electron chi connectivity index (χ2n) is 6.93. The number of ether oxygens (including phenoxy) is 2. The molecule has 7 heteroatoms. The minimum absolute atomic E-state index is 0.139. The summed E-state index contributed by atoms with van der Waals surface area (Å²) in [4.78, 5) is 31.5. The molecule has 0 aliphatic carbocycles. The SMILES string of the molecule is COc1ccc(OC)c(NC(=O)c2cccc(C(=O)N3CCCC(C)C3)n2)c1. The highest BCUT2D eigenvalue weighted by Crippen LogP contribution is 2.29. The average Bonchev–Trinajstić information content (AvgIpc) is 2.73. The van der Waals surface area contributed by atoms with E-state index in [0.717, 1.165) is 25.9 Å². The summed E-state index contributed by atoms with van der Waals surface area (Å²) in [7, 11) is 3.07. The van der Waals surface area contributed by atoms with Crippen LogP contribution in [0.5, 0.6) is 11.5 Å². The number of rotatable bonds is 5. The van der Waals surface area contributed by atoms with Crippen LogP contribution in [0, 0.1) is 5.92 Å². The quantitative estimate of drug-likeness (QED) is 0.857. The van der Waals surface area contributed by atoms with E-state index in [1.807, 2.05) is 4.90 Å². The molecule has 148 valence electrons. The molecule has 1 aliphatic rings. The van der Waals surface area contributed by atoms with E-state index in [1.54, 1.807) is 43.5 Å². The van der Waals surface area contributed by atoms with Crippen molar-refractivity contribution in [2.24, 2.45) is 5.92 Å². The molecule has 28 heavy (non-hydrogen) atoms. The van der Waals surface area contributed by atoms with Crippen molar-refractivity contribution in [1.29, 1.82) is 0 Å². The van der Waals surface area contributed by atoms with Gasteiger partial charge in [-0.05, 0) is 43.0 Å². The zero-order chi connectivity index (χ0) is 20.1. The van der Waals surface area contributed by atoms with Gasteiger partial charge >= 0.3 is 0 Å². The third-order valence-corrected chi connectivity index (χ3v) is 4.80. The first-order valence-corrected chi connectivity index (χ1v) is 9.31. The van der Waals surface area contributed by atoms with E-state index < -0.39 is 5.91 Å². The predicted molar refractivity (Wildman–Crippen MR) is 106 cm³/mol. The number of piperidine rings is 1. The van der Waals surface area contributed by atoms with Crippen molar-refractivity contribution in [2.75, 3.05) is 32.6 Å². The highest BCUT2D eigenvalue weighted by molar-refractivity contribution is 6.04. The summed E-state index contributed by atoms with van der Waals surface area (Å²) in [6, 6.07) is 10.0. The molecule has 1 unspecified atom stereocenters. The molecule has 1 N–H and O–H groups in total. The van der Waals surface area contributed by atoms with Gasteiger partial charge in [0.1, 0.15) is 22.9 Å². The molecule has 1 atom stereocenters. The van der Waals surface area contributed by atoms with E-state index in [0.29, 0.717) is 23.1 Å². The Morgan fingerprint density at radius 1 is 1.14 bits per heavy atom. The standard InChI is InChI=1S/C21H25N3O4/c1-14-6-5-11-24(13-14)21(26)17-8-4-7-16(22-17)20(25)23-18-12-15(27-2)9-10-19(18)28-3/h4,7-10,12,14H,5-6,11,13H2,1-3H3,(H,23,25). The van der Waals surface area contributed by atoms with Crippen LogP contribution in [0.4, 0.5) is 5.69 Å². The molecule has 1 aliphatic heterocycles. The van der Waals surface area contributed by atoms with Gasteiger partial charge in [-0.15, -0.1) is 0 Å². The Morgan fingerprint density at radius 2 is 1.93 bits per heavy atom. The monoisotopic (exact) mass is 383 g/mol. The summed E-state index contributed by atoms with van der Waals surface area (Å²) in [6.45, 7) is 3.58. The van der Waals surface area contributed by atoms with Gasteiger partial charge < -0.3 is 19.7 Å².